The van der Waals surface area contributed by atoms with Gasteiger partial charge in [0, 0.05) is 4.47 Å². The van der Waals surface area contributed by atoms with Crippen LogP contribution in [0.1, 0.15) is 0 Å². The van der Waals surface area contributed by atoms with Crippen molar-refractivity contribution in [3.05, 3.63) is 53.0 Å². The van der Waals surface area contributed by atoms with Gasteiger partial charge in [-0.05, 0) is 17.2 Å². The van der Waals surface area contributed by atoms with Crippen LogP contribution >= 0.6 is 15.9 Å². The Hall–Kier alpha value is -0.863. The Labute approximate surface area is 113 Å². The van der Waals surface area contributed by atoms with Crippen molar-refractivity contribution < 1.29 is 0 Å². The van der Waals surface area contributed by atoms with Crippen molar-refractivity contribution in [2.75, 3.05) is 0 Å². The second-order valence-electron chi connectivity index (χ2n) is 5.31. The standard InChI is InChI=1S/C15H17BrSi/c1-17(2,3)13-10-8-12(9-11-13)14-6-4-5-7-15(14)16/h4-11H,1-3H3. The van der Waals surface area contributed by atoms with Crippen LogP contribution in [0.2, 0.25) is 19.6 Å². The van der Waals surface area contributed by atoms with E-state index in [4.69, 9.17) is 0 Å². The second-order valence-corrected chi connectivity index (χ2v) is 11.2. The molecule has 0 radical (unpaired) electrons. The monoisotopic (exact) mass is 304 g/mol. The van der Waals surface area contributed by atoms with Crippen molar-refractivity contribution in [2.24, 2.45) is 0 Å². The maximum absolute atomic E-state index is 3.60. The van der Waals surface area contributed by atoms with Gasteiger partial charge in [0.15, 0.2) is 0 Å². The minimum atomic E-state index is -1.18. The summed E-state index contributed by atoms with van der Waals surface area (Å²) in [5.74, 6) is 0. The summed E-state index contributed by atoms with van der Waals surface area (Å²) in [4.78, 5) is 0. The number of halogens is 1. The van der Waals surface area contributed by atoms with E-state index in [1.807, 2.05) is 6.07 Å². The molecule has 88 valence electrons. The zero-order chi connectivity index (χ0) is 12.5. The van der Waals surface area contributed by atoms with Crippen molar-refractivity contribution in [3.63, 3.8) is 0 Å². The summed E-state index contributed by atoms with van der Waals surface area (Å²) in [6.07, 6.45) is 0. The van der Waals surface area contributed by atoms with Crippen molar-refractivity contribution in [2.45, 2.75) is 19.6 Å². The maximum Gasteiger partial charge on any atom is 0.0775 e. The summed E-state index contributed by atoms with van der Waals surface area (Å²) < 4.78 is 1.15. The molecule has 2 aromatic carbocycles. The molecule has 0 heterocycles. The highest BCUT2D eigenvalue weighted by Crippen LogP contribution is 2.27. The predicted octanol–water partition coefficient (Wildman–Crippen LogP) is 4.66. The van der Waals surface area contributed by atoms with Crippen LogP contribution in [0.4, 0.5) is 0 Å². The molecule has 2 aromatic rings. The fourth-order valence-corrected chi connectivity index (χ4v) is 3.53. The van der Waals surface area contributed by atoms with Gasteiger partial charge in [0.25, 0.3) is 0 Å². The Morgan fingerprint density at radius 2 is 1.41 bits per heavy atom. The Morgan fingerprint density at radius 1 is 0.824 bits per heavy atom. The molecule has 0 aromatic heterocycles. The van der Waals surface area contributed by atoms with Gasteiger partial charge in [-0.15, -0.1) is 0 Å². The predicted molar refractivity (Wildman–Crippen MR) is 82.6 cm³/mol. The van der Waals surface area contributed by atoms with Crippen molar-refractivity contribution in [1.82, 2.24) is 0 Å². The van der Waals surface area contributed by atoms with Gasteiger partial charge >= 0.3 is 0 Å². The minimum Gasteiger partial charge on any atom is -0.0656 e. The first kappa shape index (κ1) is 12.6. The van der Waals surface area contributed by atoms with Gasteiger partial charge in [-0.1, -0.05) is 83.2 Å². The average Bonchev–Trinajstić information content (AvgIpc) is 2.29. The number of hydrogen-bond donors (Lipinski definition) is 0. The second kappa shape index (κ2) is 4.79. The molecule has 0 aliphatic heterocycles. The molecule has 0 spiro atoms. The summed E-state index contributed by atoms with van der Waals surface area (Å²) in [5, 5.41) is 1.51. The van der Waals surface area contributed by atoms with Crippen LogP contribution in [-0.2, 0) is 0 Å². The molecule has 0 unspecified atom stereocenters. The van der Waals surface area contributed by atoms with Crippen LogP contribution in [0.15, 0.2) is 53.0 Å². The first-order chi connectivity index (χ1) is 7.98. The molecule has 0 fully saturated rings. The summed E-state index contributed by atoms with van der Waals surface area (Å²) in [6, 6.07) is 17.4. The van der Waals surface area contributed by atoms with E-state index in [-0.39, 0.29) is 0 Å². The highest BCUT2D eigenvalue weighted by atomic mass is 79.9. The lowest BCUT2D eigenvalue weighted by atomic mass is 10.1. The third-order valence-corrected chi connectivity index (χ3v) is 5.69. The fraction of sp³-hybridized carbons (Fsp3) is 0.200. The summed E-state index contributed by atoms with van der Waals surface area (Å²) in [5.41, 5.74) is 2.54. The van der Waals surface area contributed by atoms with Gasteiger partial charge in [0.1, 0.15) is 0 Å². The fourth-order valence-electron chi connectivity index (χ4n) is 1.85. The highest BCUT2D eigenvalue weighted by molar-refractivity contribution is 9.10. The van der Waals surface area contributed by atoms with Crippen LogP contribution in [0, 0.1) is 0 Å². The third kappa shape index (κ3) is 2.88. The molecule has 0 nitrogen and oxygen atoms in total. The van der Waals surface area contributed by atoms with Gasteiger partial charge in [0.2, 0.25) is 0 Å². The molecule has 0 amide bonds. The third-order valence-electron chi connectivity index (χ3n) is 2.94. The molecular formula is C15H17BrSi. The van der Waals surface area contributed by atoms with E-state index in [0.717, 1.165) is 4.47 Å². The smallest absolute Gasteiger partial charge is 0.0656 e. The maximum atomic E-state index is 3.60. The SMILES string of the molecule is C[Si](C)(C)c1ccc(-c2ccccc2Br)cc1. The van der Waals surface area contributed by atoms with E-state index in [9.17, 15) is 0 Å². The first-order valence-electron chi connectivity index (χ1n) is 5.84. The van der Waals surface area contributed by atoms with Crippen LogP contribution in [0.25, 0.3) is 11.1 Å². The summed E-state index contributed by atoms with van der Waals surface area (Å²) >= 11 is 3.60. The molecule has 0 atom stereocenters. The lowest BCUT2D eigenvalue weighted by Crippen LogP contribution is -2.37. The van der Waals surface area contributed by atoms with Gasteiger partial charge in [-0.25, -0.2) is 0 Å². The van der Waals surface area contributed by atoms with Crippen LogP contribution in [0.5, 0.6) is 0 Å². The van der Waals surface area contributed by atoms with Crippen LogP contribution in [-0.4, -0.2) is 8.07 Å². The van der Waals surface area contributed by atoms with Gasteiger partial charge in [-0.2, -0.15) is 0 Å². The first-order valence-corrected chi connectivity index (χ1v) is 10.1. The number of hydrogen-bond acceptors (Lipinski definition) is 0. The van der Waals surface area contributed by atoms with E-state index in [0.29, 0.717) is 0 Å². The lowest BCUT2D eigenvalue weighted by molar-refractivity contribution is 1.59. The normalized spacial score (nSPS) is 11.5. The molecule has 0 aliphatic carbocycles. The number of rotatable bonds is 2. The molecule has 0 bridgehead atoms. The average molecular weight is 305 g/mol. The van der Waals surface area contributed by atoms with Crippen LogP contribution in [0.3, 0.4) is 0 Å². The molecule has 2 heteroatoms. The highest BCUT2D eigenvalue weighted by Gasteiger charge is 2.15. The van der Waals surface area contributed by atoms with Gasteiger partial charge in [-0.3, -0.25) is 0 Å². The molecule has 0 aliphatic rings. The van der Waals surface area contributed by atoms with E-state index in [1.165, 1.54) is 16.3 Å². The van der Waals surface area contributed by atoms with E-state index in [2.05, 4.69) is 78.0 Å². The molecule has 0 saturated heterocycles. The minimum absolute atomic E-state index is 1.15. The molecule has 17 heavy (non-hydrogen) atoms. The van der Waals surface area contributed by atoms with Crippen molar-refractivity contribution >= 4 is 29.2 Å². The quantitative estimate of drug-likeness (QED) is 0.708. The molecular weight excluding hydrogens is 288 g/mol. The van der Waals surface area contributed by atoms with E-state index < -0.39 is 8.07 Å². The molecule has 0 saturated carbocycles. The van der Waals surface area contributed by atoms with Gasteiger partial charge in [0.05, 0.1) is 8.07 Å². The van der Waals surface area contributed by atoms with Crippen LogP contribution < -0.4 is 5.19 Å². The Balaban J connectivity index is 2.40. The van der Waals surface area contributed by atoms with Crippen molar-refractivity contribution in [3.8, 4) is 11.1 Å². The largest absolute Gasteiger partial charge is 0.0775 e. The van der Waals surface area contributed by atoms with E-state index >= 15 is 0 Å². The zero-order valence-electron chi connectivity index (χ0n) is 10.5. The van der Waals surface area contributed by atoms with Gasteiger partial charge < -0.3 is 0 Å². The number of benzene rings is 2. The van der Waals surface area contributed by atoms with E-state index in [1.54, 1.807) is 0 Å². The topological polar surface area (TPSA) is 0 Å². The Kier molecular flexibility index (Phi) is 3.55. The molecule has 0 N–H and O–H groups in total. The molecule has 2 rings (SSSR count). The Morgan fingerprint density at radius 3 is 1.94 bits per heavy atom. The zero-order valence-corrected chi connectivity index (χ0v) is 13.1. The van der Waals surface area contributed by atoms with Crippen molar-refractivity contribution in [1.29, 1.82) is 0 Å². The summed E-state index contributed by atoms with van der Waals surface area (Å²) in [6.45, 7) is 7.13. The Bertz CT molecular complexity index is 509. The lowest BCUT2D eigenvalue weighted by Gasteiger charge is -2.17. The summed E-state index contributed by atoms with van der Waals surface area (Å²) in [7, 11) is -1.18.